The number of fused-ring (bicyclic) bond motifs is 1. The summed E-state index contributed by atoms with van der Waals surface area (Å²) in [5, 5.41) is 0.411. The molecule has 6 nitrogen and oxygen atoms in total. The summed E-state index contributed by atoms with van der Waals surface area (Å²) >= 11 is 0. The Kier molecular flexibility index (Phi) is 8.84. The summed E-state index contributed by atoms with van der Waals surface area (Å²) in [4.78, 5) is 34.5. The van der Waals surface area contributed by atoms with Crippen molar-refractivity contribution in [3.63, 3.8) is 0 Å². The molecule has 0 saturated heterocycles. The van der Waals surface area contributed by atoms with Gasteiger partial charge < -0.3 is 9.64 Å². The highest BCUT2D eigenvalue weighted by Gasteiger charge is 2.36. The van der Waals surface area contributed by atoms with Crippen molar-refractivity contribution in [2.24, 2.45) is 0 Å². The third-order valence-corrected chi connectivity index (χ3v) is 7.95. The Hall–Kier alpha value is -4.21. The van der Waals surface area contributed by atoms with Crippen molar-refractivity contribution in [3.05, 3.63) is 99.9 Å². The molecule has 1 aliphatic carbocycles. The third kappa shape index (κ3) is 6.43. The first-order valence-corrected chi connectivity index (χ1v) is 14.5. The smallest absolute Gasteiger partial charge is 0.419 e. The van der Waals surface area contributed by atoms with Crippen LogP contribution in [0.3, 0.4) is 0 Å². The van der Waals surface area contributed by atoms with E-state index < -0.39 is 29.5 Å². The van der Waals surface area contributed by atoms with Gasteiger partial charge >= 0.3 is 6.18 Å². The largest absolute Gasteiger partial charge is 0.494 e. The maximum absolute atomic E-state index is 14.0. The van der Waals surface area contributed by atoms with E-state index in [-0.39, 0.29) is 23.6 Å². The Morgan fingerprint density at radius 3 is 2.42 bits per heavy atom. The molecule has 1 atom stereocenters. The molecule has 0 aliphatic heterocycles. The first-order chi connectivity index (χ1) is 20.6. The Balaban J connectivity index is 1.60. The van der Waals surface area contributed by atoms with Gasteiger partial charge in [-0.15, -0.1) is 0 Å². The second kappa shape index (κ2) is 12.6. The van der Waals surface area contributed by atoms with Gasteiger partial charge in [-0.1, -0.05) is 37.5 Å². The lowest BCUT2D eigenvalue weighted by atomic mass is 9.92. The van der Waals surface area contributed by atoms with Crippen molar-refractivity contribution in [2.45, 2.75) is 70.6 Å². The summed E-state index contributed by atoms with van der Waals surface area (Å²) in [5.74, 6) is -0.832. The SMILES string of the molecule is CCOc1ccc(-n2c([C@@H](C)N(C(=O)Cc3ccc(F)c(C(F)(F)F)c3)C3CCCCC3)nc3ccccc3c2=O)cc1. The van der Waals surface area contributed by atoms with Crippen LogP contribution < -0.4 is 10.3 Å². The number of carbonyl (C=O) groups excluding carboxylic acids is 1. The fraction of sp³-hybridized carbons (Fsp3) is 0.364. The van der Waals surface area contributed by atoms with Crippen LogP contribution in [0.25, 0.3) is 16.6 Å². The highest BCUT2D eigenvalue weighted by Crippen LogP contribution is 2.34. The van der Waals surface area contributed by atoms with Crippen molar-refractivity contribution in [2.75, 3.05) is 6.61 Å². The standard InChI is InChI=1S/C33H33F4N3O3/c1-3-43-25-16-14-24(15-17-25)40-31(38-29-12-8-7-11-26(29)32(40)42)21(2)39(23-9-5-4-6-10-23)30(41)20-22-13-18-28(34)27(19-22)33(35,36)37/h7-8,11-19,21,23H,3-6,9-10,20H2,1-2H3/t21-/m1/s1. The van der Waals surface area contributed by atoms with Gasteiger partial charge in [0.25, 0.3) is 5.56 Å². The zero-order chi connectivity index (χ0) is 30.7. The van der Waals surface area contributed by atoms with E-state index in [1.165, 1.54) is 10.6 Å². The molecule has 0 bridgehead atoms. The average molecular weight is 596 g/mol. The minimum atomic E-state index is -4.89. The maximum Gasteiger partial charge on any atom is 0.419 e. The van der Waals surface area contributed by atoms with Crippen molar-refractivity contribution in [1.82, 2.24) is 14.5 Å². The van der Waals surface area contributed by atoms with E-state index in [1.807, 2.05) is 6.92 Å². The number of hydrogen-bond donors (Lipinski definition) is 0. The van der Waals surface area contributed by atoms with Gasteiger partial charge in [-0.05, 0) is 80.8 Å². The van der Waals surface area contributed by atoms with Gasteiger partial charge in [-0.3, -0.25) is 14.2 Å². The highest BCUT2D eigenvalue weighted by molar-refractivity contribution is 5.80. The Bertz CT molecular complexity index is 1660. The number of ether oxygens (including phenoxy) is 1. The summed E-state index contributed by atoms with van der Waals surface area (Å²) < 4.78 is 61.3. The zero-order valence-electron chi connectivity index (χ0n) is 24.0. The molecule has 3 aromatic carbocycles. The molecule has 43 heavy (non-hydrogen) atoms. The molecule has 4 aromatic rings. The predicted octanol–water partition coefficient (Wildman–Crippen LogP) is 7.41. The fourth-order valence-corrected chi connectivity index (χ4v) is 5.92. The zero-order valence-corrected chi connectivity index (χ0v) is 24.0. The topological polar surface area (TPSA) is 64.4 Å². The molecule has 0 N–H and O–H groups in total. The molecule has 1 amide bonds. The van der Waals surface area contributed by atoms with Gasteiger partial charge in [0, 0.05) is 6.04 Å². The Morgan fingerprint density at radius 1 is 1.05 bits per heavy atom. The van der Waals surface area contributed by atoms with Crippen LogP contribution in [0.2, 0.25) is 0 Å². The third-order valence-electron chi connectivity index (χ3n) is 7.95. The molecular weight excluding hydrogens is 562 g/mol. The molecule has 1 saturated carbocycles. The van der Waals surface area contributed by atoms with E-state index in [4.69, 9.17) is 9.72 Å². The number of nitrogens with zero attached hydrogens (tertiary/aromatic N) is 3. The van der Waals surface area contributed by atoms with Crippen LogP contribution in [0.5, 0.6) is 5.75 Å². The van der Waals surface area contributed by atoms with E-state index >= 15 is 0 Å². The number of carbonyl (C=O) groups is 1. The highest BCUT2D eigenvalue weighted by atomic mass is 19.4. The maximum atomic E-state index is 14.0. The van der Waals surface area contributed by atoms with Crippen LogP contribution in [0.15, 0.2) is 71.5 Å². The molecule has 226 valence electrons. The summed E-state index contributed by atoms with van der Waals surface area (Å²) in [7, 11) is 0. The summed E-state index contributed by atoms with van der Waals surface area (Å²) in [5.41, 5.74) is -0.641. The van der Waals surface area contributed by atoms with Gasteiger partial charge in [-0.25, -0.2) is 9.37 Å². The molecule has 0 unspecified atom stereocenters. The number of amides is 1. The average Bonchev–Trinajstić information content (AvgIpc) is 2.99. The van der Waals surface area contributed by atoms with E-state index in [9.17, 15) is 27.2 Å². The van der Waals surface area contributed by atoms with Gasteiger partial charge in [-0.2, -0.15) is 13.2 Å². The van der Waals surface area contributed by atoms with E-state index in [0.717, 1.165) is 25.3 Å². The minimum Gasteiger partial charge on any atom is -0.494 e. The first kappa shape index (κ1) is 30.3. The minimum absolute atomic E-state index is 0.0575. The molecule has 0 spiro atoms. The molecule has 1 aliphatic rings. The molecule has 0 radical (unpaired) electrons. The van der Waals surface area contributed by atoms with Crippen molar-refractivity contribution in [3.8, 4) is 11.4 Å². The van der Waals surface area contributed by atoms with Crippen molar-refractivity contribution in [1.29, 1.82) is 0 Å². The van der Waals surface area contributed by atoms with Crippen LogP contribution in [-0.2, 0) is 17.4 Å². The van der Waals surface area contributed by atoms with Crippen molar-refractivity contribution >= 4 is 16.8 Å². The second-order valence-corrected chi connectivity index (χ2v) is 10.8. The van der Waals surface area contributed by atoms with Crippen LogP contribution >= 0.6 is 0 Å². The molecule has 1 fully saturated rings. The number of rotatable bonds is 8. The summed E-state index contributed by atoms with van der Waals surface area (Å²) in [6.07, 6.45) is -1.000. The summed E-state index contributed by atoms with van der Waals surface area (Å²) in [6, 6.07) is 15.7. The van der Waals surface area contributed by atoms with Crippen LogP contribution in [0.4, 0.5) is 17.6 Å². The van der Waals surface area contributed by atoms with Crippen LogP contribution in [-0.4, -0.2) is 33.0 Å². The fourth-order valence-electron chi connectivity index (χ4n) is 5.92. The Labute approximate surface area is 246 Å². The van der Waals surface area contributed by atoms with Gasteiger partial charge in [0.2, 0.25) is 5.91 Å². The molecule has 5 rings (SSSR count). The van der Waals surface area contributed by atoms with E-state index in [2.05, 4.69) is 0 Å². The number of para-hydroxylation sites is 1. The normalized spacial score (nSPS) is 14.9. The number of benzene rings is 3. The molecular formula is C33H33F4N3O3. The van der Waals surface area contributed by atoms with E-state index in [1.54, 1.807) is 60.4 Å². The predicted molar refractivity (Wildman–Crippen MR) is 156 cm³/mol. The lowest BCUT2D eigenvalue weighted by Crippen LogP contribution is -2.45. The monoisotopic (exact) mass is 595 g/mol. The lowest BCUT2D eigenvalue weighted by Gasteiger charge is -2.39. The molecule has 1 aromatic heterocycles. The second-order valence-electron chi connectivity index (χ2n) is 10.8. The summed E-state index contributed by atoms with van der Waals surface area (Å²) in [6.45, 7) is 4.15. The van der Waals surface area contributed by atoms with Crippen LogP contribution in [0.1, 0.15) is 68.9 Å². The van der Waals surface area contributed by atoms with E-state index in [0.29, 0.717) is 53.7 Å². The van der Waals surface area contributed by atoms with Crippen LogP contribution in [0, 0.1) is 5.82 Å². The van der Waals surface area contributed by atoms with Gasteiger partial charge in [0.05, 0.1) is 41.2 Å². The van der Waals surface area contributed by atoms with Gasteiger partial charge in [0.1, 0.15) is 17.4 Å². The molecule has 1 heterocycles. The van der Waals surface area contributed by atoms with Gasteiger partial charge in [0.15, 0.2) is 0 Å². The first-order valence-electron chi connectivity index (χ1n) is 14.5. The number of alkyl halides is 3. The lowest BCUT2D eigenvalue weighted by molar-refractivity contribution is -0.140. The number of halogens is 4. The quantitative estimate of drug-likeness (QED) is 0.199. The van der Waals surface area contributed by atoms with Crippen molar-refractivity contribution < 1.29 is 27.1 Å². The molecule has 10 heteroatoms. The number of hydrogen-bond acceptors (Lipinski definition) is 4. The Morgan fingerprint density at radius 2 is 1.74 bits per heavy atom. The number of aromatic nitrogens is 2.